The Morgan fingerprint density at radius 3 is 2.32 bits per heavy atom. The predicted octanol–water partition coefficient (Wildman–Crippen LogP) is 3.70. The SMILES string of the molecule is COc1cc(C(O)c2cc(C)ccc2C)ccc1C. The second-order valence-electron chi connectivity index (χ2n) is 4.99. The van der Waals surface area contributed by atoms with Crippen molar-refractivity contribution in [2.75, 3.05) is 7.11 Å². The van der Waals surface area contributed by atoms with E-state index in [0.29, 0.717) is 0 Å². The average Bonchev–Trinajstić information content (AvgIpc) is 2.41. The van der Waals surface area contributed by atoms with Crippen LogP contribution in [0.25, 0.3) is 0 Å². The van der Waals surface area contributed by atoms with Crippen LogP contribution in [0.2, 0.25) is 0 Å². The largest absolute Gasteiger partial charge is 0.496 e. The van der Waals surface area contributed by atoms with Gasteiger partial charge in [0.25, 0.3) is 0 Å². The fourth-order valence-electron chi connectivity index (χ4n) is 2.24. The van der Waals surface area contributed by atoms with Crippen molar-refractivity contribution in [3.05, 3.63) is 64.2 Å². The van der Waals surface area contributed by atoms with Gasteiger partial charge in [-0.2, -0.15) is 0 Å². The molecule has 0 aliphatic heterocycles. The van der Waals surface area contributed by atoms with Crippen molar-refractivity contribution in [2.24, 2.45) is 0 Å². The van der Waals surface area contributed by atoms with E-state index in [9.17, 15) is 5.11 Å². The predicted molar refractivity (Wildman–Crippen MR) is 77.7 cm³/mol. The summed E-state index contributed by atoms with van der Waals surface area (Å²) in [7, 11) is 1.65. The molecule has 0 spiro atoms. The lowest BCUT2D eigenvalue weighted by atomic mass is 9.95. The van der Waals surface area contributed by atoms with Crippen LogP contribution in [0, 0.1) is 20.8 Å². The summed E-state index contributed by atoms with van der Waals surface area (Å²) in [6, 6.07) is 12.0. The molecule has 1 unspecified atom stereocenters. The molecule has 2 nitrogen and oxygen atoms in total. The van der Waals surface area contributed by atoms with Gasteiger partial charge < -0.3 is 9.84 Å². The lowest BCUT2D eigenvalue weighted by Gasteiger charge is -2.16. The van der Waals surface area contributed by atoms with Crippen LogP contribution in [0.15, 0.2) is 36.4 Å². The van der Waals surface area contributed by atoms with Gasteiger partial charge in [0.15, 0.2) is 0 Å². The lowest BCUT2D eigenvalue weighted by Crippen LogP contribution is -2.03. The normalized spacial score (nSPS) is 12.3. The smallest absolute Gasteiger partial charge is 0.122 e. The Hall–Kier alpha value is -1.80. The highest BCUT2D eigenvalue weighted by molar-refractivity contribution is 5.42. The highest BCUT2D eigenvalue weighted by Crippen LogP contribution is 2.29. The Kier molecular flexibility index (Phi) is 3.91. The molecule has 2 heteroatoms. The second-order valence-corrected chi connectivity index (χ2v) is 4.99. The molecule has 0 aliphatic rings. The van der Waals surface area contributed by atoms with E-state index < -0.39 is 6.10 Å². The highest BCUT2D eigenvalue weighted by atomic mass is 16.5. The second kappa shape index (κ2) is 5.45. The molecule has 0 saturated heterocycles. The van der Waals surface area contributed by atoms with Crippen molar-refractivity contribution in [3.8, 4) is 5.75 Å². The zero-order chi connectivity index (χ0) is 14.0. The molecule has 0 saturated carbocycles. The Balaban J connectivity index is 2.43. The van der Waals surface area contributed by atoms with E-state index in [1.54, 1.807) is 7.11 Å². The van der Waals surface area contributed by atoms with Crippen molar-refractivity contribution in [2.45, 2.75) is 26.9 Å². The van der Waals surface area contributed by atoms with Crippen LogP contribution in [-0.2, 0) is 0 Å². The number of aliphatic hydroxyl groups excluding tert-OH is 1. The summed E-state index contributed by atoms with van der Waals surface area (Å²) in [5, 5.41) is 10.6. The third-order valence-electron chi connectivity index (χ3n) is 3.48. The Bertz CT molecular complexity index is 588. The van der Waals surface area contributed by atoms with E-state index in [0.717, 1.165) is 33.6 Å². The minimum absolute atomic E-state index is 0.616. The number of ether oxygens (including phenoxy) is 1. The number of rotatable bonds is 3. The maximum atomic E-state index is 10.6. The van der Waals surface area contributed by atoms with Gasteiger partial charge in [-0.05, 0) is 49.1 Å². The van der Waals surface area contributed by atoms with Gasteiger partial charge in [-0.25, -0.2) is 0 Å². The highest BCUT2D eigenvalue weighted by Gasteiger charge is 2.14. The number of aryl methyl sites for hydroxylation is 3. The first-order valence-corrected chi connectivity index (χ1v) is 6.42. The van der Waals surface area contributed by atoms with Crippen molar-refractivity contribution >= 4 is 0 Å². The number of benzene rings is 2. The summed E-state index contributed by atoms with van der Waals surface area (Å²) in [6.45, 7) is 6.04. The molecular formula is C17H20O2. The first kappa shape index (κ1) is 13.6. The summed E-state index contributed by atoms with van der Waals surface area (Å²) in [5.41, 5.74) is 5.12. The van der Waals surface area contributed by atoms with Crippen molar-refractivity contribution in [1.82, 2.24) is 0 Å². The fraction of sp³-hybridized carbons (Fsp3) is 0.294. The summed E-state index contributed by atoms with van der Waals surface area (Å²) >= 11 is 0. The molecule has 0 amide bonds. The molecule has 19 heavy (non-hydrogen) atoms. The van der Waals surface area contributed by atoms with E-state index in [-0.39, 0.29) is 0 Å². The molecule has 0 bridgehead atoms. The van der Waals surface area contributed by atoms with Gasteiger partial charge in [0.1, 0.15) is 11.9 Å². The number of hydrogen-bond donors (Lipinski definition) is 1. The minimum Gasteiger partial charge on any atom is -0.496 e. The summed E-state index contributed by atoms with van der Waals surface area (Å²) in [6.07, 6.45) is -0.616. The number of aliphatic hydroxyl groups is 1. The zero-order valence-corrected chi connectivity index (χ0v) is 11.9. The van der Waals surface area contributed by atoms with Gasteiger partial charge in [0, 0.05) is 0 Å². The molecule has 2 rings (SSSR count). The zero-order valence-electron chi connectivity index (χ0n) is 11.9. The van der Waals surface area contributed by atoms with Crippen LogP contribution < -0.4 is 4.74 Å². The fourth-order valence-corrected chi connectivity index (χ4v) is 2.24. The maximum absolute atomic E-state index is 10.6. The van der Waals surface area contributed by atoms with Crippen molar-refractivity contribution < 1.29 is 9.84 Å². The average molecular weight is 256 g/mol. The molecule has 1 atom stereocenters. The van der Waals surface area contributed by atoms with Crippen LogP contribution in [0.5, 0.6) is 5.75 Å². The molecule has 2 aromatic rings. The van der Waals surface area contributed by atoms with Crippen LogP contribution in [0.3, 0.4) is 0 Å². The third kappa shape index (κ3) is 2.79. The van der Waals surface area contributed by atoms with E-state index in [4.69, 9.17) is 4.74 Å². The van der Waals surface area contributed by atoms with Gasteiger partial charge in [0.05, 0.1) is 7.11 Å². The Morgan fingerprint density at radius 1 is 0.947 bits per heavy atom. The molecule has 0 aromatic heterocycles. The van der Waals surface area contributed by atoms with Gasteiger partial charge in [-0.3, -0.25) is 0 Å². The van der Waals surface area contributed by atoms with E-state index in [2.05, 4.69) is 6.07 Å². The van der Waals surface area contributed by atoms with Crippen LogP contribution in [-0.4, -0.2) is 12.2 Å². The number of methoxy groups -OCH3 is 1. The first-order valence-electron chi connectivity index (χ1n) is 6.42. The van der Waals surface area contributed by atoms with Gasteiger partial charge in [0.2, 0.25) is 0 Å². The van der Waals surface area contributed by atoms with Crippen LogP contribution in [0.4, 0.5) is 0 Å². The molecule has 0 aliphatic carbocycles. The van der Waals surface area contributed by atoms with E-state index in [1.165, 1.54) is 0 Å². The summed E-state index contributed by atoms with van der Waals surface area (Å²) in [4.78, 5) is 0. The molecule has 2 aromatic carbocycles. The van der Waals surface area contributed by atoms with Crippen LogP contribution >= 0.6 is 0 Å². The minimum atomic E-state index is -0.616. The third-order valence-corrected chi connectivity index (χ3v) is 3.48. The standard InChI is InChI=1S/C17H20O2/c1-11-5-6-12(2)15(9-11)17(18)14-8-7-13(3)16(10-14)19-4/h5-10,17-18H,1-4H3. The van der Waals surface area contributed by atoms with Gasteiger partial charge >= 0.3 is 0 Å². The first-order chi connectivity index (χ1) is 9.02. The monoisotopic (exact) mass is 256 g/mol. The van der Waals surface area contributed by atoms with Crippen molar-refractivity contribution in [3.63, 3.8) is 0 Å². The summed E-state index contributed by atoms with van der Waals surface area (Å²) < 4.78 is 5.31. The maximum Gasteiger partial charge on any atom is 0.122 e. The van der Waals surface area contributed by atoms with E-state index >= 15 is 0 Å². The molecule has 100 valence electrons. The lowest BCUT2D eigenvalue weighted by molar-refractivity contribution is 0.219. The van der Waals surface area contributed by atoms with Gasteiger partial charge in [-0.15, -0.1) is 0 Å². The topological polar surface area (TPSA) is 29.5 Å². The van der Waals surface area contributed by atoms with Gasteiger partial charge in [-0.1, -0.05) is 35.9 Å². The molecule has 1 N–H and O–H groups in total. The Labute approximate surface area is 114 Å². The number of hydrogen-bond acceptors (Lipinski definition) is 2. The molecule has 0 radical (unpaired) electrons. The molecular weight excluding hydrogens is 236 g/mol. The van der Waals surface area contributed by atoms with E-state index in [1.807, 2.05) is 51.1 Å². The molecule has 0 heterocycles. The quantitative estimate of drug-likeness (QED) is 0.907. The molecule has 0 fully saturated rings. The van der Waals surface area contributed by atoms with Crippen LogP contribution in [0.1, 0.15) is 33.9 Å². The summed E-state index contributed by atoms with van der Waals surface area (Å²) in [5.74, 6) is 0.807. The van der Waals surface area contributed by atoms with Crippen molar-refractivity contribution in [1.29, 1.82) is 0 Å². The Morgan fingerprint density at radius 2 is 1.63 bits per heavy atom.